The van der Waals surface area contributed by atoms with Gasteiger partial charge >= 0.3 is 12.1 Å². The molecule has 0 aliphatic heterocycles. The fourth-order valence-electron chi connectivity index (χ4n) is 1.69. The van der Waals surface area contributed by atoms with Crippen LogP contribution in [0.5, 0.6) is 0 Å². The van der Waals surface area contributed by atoms with Gasteiger partial charge in [0, 0.05) is 12.6 Å². The third kappa shape index (κ3) is 3.25. The van der Waals surface area contributed by atoms with Crippen LogP contribution in [0.15, 0.2) is 40.8 Å². The largest absolute Gasteiger partial charge is 0.451 e. The average molecular weight is 299 g/mol. The van der Waals surface area contributed by atoms with Crippen molar-refractivity contribution in [3.63, 3.8) is 0 Å². The fraction of sp³-hybridized carbons (Fsp3) is 0.214. The summed E-state index contributed by atoms with van der Waals surface area (Å²) in [6.45, 7) is 0. The van der Waals surface area contributed by atoms with E-state index in [0.717, 1.165) is 17.2 Å². The van der Waals surface area contributed by atoms with Crippen LogP contribution >= 0.6 is 0 Å². The van der Waals surface area contributed by atoms with E-state index < -0.39 is 17.6 Å². The maximum atomic E-state index is 12.7. The van der Waals surface area contributed by atoms with Crippen LogP contribution < -0.4 is 0 Å². The molecule has 1 aromatic heterocycles. The lowest BCUT2D eigenvalue weighted by molar-refractivity contribution is -0.137. The number of hydrogen-bond donors (Lipinski definition) is 0. The van der Waals surface area contributed by atoms with Gasteiger partial charge in [-0.2, -0.15) is 13.2 Å². The first-order valence-corrected chi connectivity index (χ1v) is 5.92. The molecule has 2 rings (SSSR count). The first-order valence-electron chi connectivity index (χ1n) is 5.92. The number of carbonyl (C=O) groups excluding carboxylic acids is 1. The van der Waals surface area contributed by atoms with E-state index in [1.165, 1.54) is 38.4 Å². The molecule has 0 aliphatic rings. The Morgan fingerprint density at radius 2 is 1.95 bits per heavy atom. The molecule has 0 bridgehead atoms. The minimum absolute atomic E-state index is 0.0215. The molecule has 0 saturated heterocycles. The van der Waals surface area contributed by atoms with E-state index >= 15 is 0 Å². The second kappa shape index (κ2) is 5.61. The number of furan rings is 1. The predicted octanol–water partition coefficient (Wildman–Crippen LogP) is 3.60. The Bertz CT molecular complexity index is 649. The van der Waals surface area contributed by atoms with Crippen LogP contribution in [0.3, 0.4) is 0 Å². The van der Waals surface area contributed by atoms with Crippen molar-refractivity contribution < 1.29 is 27.2 Å². The number of benzene rings is 1. The molecule has 0 saturated carbocycles. The molecule has 7 heteroatoms. The van der Waals surface area contributed by atoms with Gasteiger partial charge in [-0.05, 0) is 24.3 Å². The molecule has 0 spiro atoms. The smallest absolute Gasteiger partial charge is 0.416 e. The van der Waals surface area contributed by atoms with Gasteiger partial charge in [0.15, 0.2) is 5.76 Å². The molecule has 4 nitrogen and oxygen atoms in total. The van der Waals surface area contributed by atoms with Gasteiger partial charge in [-0.3, -0.25) is 9.63 Å². The molecule has 112 valence electrons. The second-order valence-electron chi connectivity index (χ2n) is 4.23. The van der Waals surface area contributed by atoms with E-state index in [2.05, 4.69) is 0 Å². The molecule has 1 amide bonds. The third-order valence-corrected chi connectivity index (χ3v) is 2.85. The Hall–Kier alpha value is -2.28. The molecular weight excluding hydrogens is 287 g/mol. The summed E-state index contributed by atoms with van der Waals surface area (Å²) >= 11 is 0. The fourth-order valence-corrected chi connectivity index (χ4v) is 1.69. The van der Waals surface area contributed by atoms with Crippen LogP contribution in [0.25, 0.3) is 11.3 Å². The highest BCUT2D eigenvalue weighted by Crippen LogP contribution is 2.32. The quantitative estimate of drug-likeness (QED) is 0.813. The van der Waals surface area contributed by atoms with Gasteiger partial charge in [-0.25, -0.2) is 5.06 Å². The summed E-state index contributed by atoms with van der Waals surface area (Å²) in [4.78, 5) is 16.5. The van der Waals surface area contributed by atoms with E-state index in [0.29, 0.717) is 0 Å². The van der Waals surface area contributed by atoms with Crippen LogP contribution in [0.4, 0.5) is 13.2 Å². The van der Waals surface area contributed by atoms with Gasteiger partial charge in [0.05, 0.1) is 12.7 Å². The molecular formula is C14H12F3NO3. The van der Waals surface area contributed by atoms with Crippen molar-refractivity contribution in [3.8, 4) is 11.3 Å². The maximum absolute atomic E-state index is 12.7. The minimum atomic E-state index is -4.43. The molecule has 0 fully saturated rings. The van der Waals surface area contributed by atoms with Crippen molar-refractivity contribution in [2.75, 3.05) is 14.2 Å². The normalized spacial score (nSPS) is 11.5. The highest BCUT2D eigenvalue weighted by Gasteiger charge is 2.30. The number of hydroxylamine groups is 2. The molecule has 21 heavy (non-hydrogen) atoms. The van der Waals surface area contributed by atoms with Crippen LogP contribution in [-0.2, 0) is 11.0 Å². The molecule has 1 aromatic carbocycles. The van der Waals surface area contributed by atoms with Crippen molar-refractivity contribution in [3.05, 3.63) is 47.7 Å². The van der Waals surface area contributed by atoms with Gasteiger partial charge in [0.25, 0.3) is 0 Å². The Kier molecular flexibility index (Phi) is 4.04. The zero-order valence-corrected chi connectivity index (χ0v) is 11.3. The van der Waals surface area contributed by atoms with Gasteiger partial charge < -0.3 is 4.42 Å². The van der Waals surface area contributed by atoms with Crippen LogP contribution in [0, 0.1) is 0 Å². The van der Waals surface area contributed by atoms with Crippen LogP contribution in [0.1, 0.15) is 16.1 Å². The van der Waals surface area contributed by atoms with Crippen molar-refractivity contribution in [2.45, 2.75) is 6.18 Å². The number of rotatable bonds is 3. The monoisotopic (exact) mass is 299 g/mol. The zero-order valence-electron chi connectivity index (χ0n) is 11.3. The lowest BCUT2D eigenvalue weighted by atomic mass is 10.1. The van der Waals surface area contributed by atoms with Crippen molar-refractivity contribution >= 4 is 5.91 Å². The predicted molar refractivity (Wildman–Crippen MR) is 68.2 cm³/mol. The maximum Gasteiger partial charge on any atom is 0.416 e. The molecule has 0 radical (unpaired) electrons. The minimum Gasteiger partial charge on any atom is -0.451 e. The molecule has 0 atom stereocenters. The first-order chi connectivity index (χ1) is 9.82. The Balaban J connectivity index is 2.32. The highest BCUT2D eigenvalue weighted by molar-refractivity contribution is 5.91. The first kappa shape index (κ1) is 15.1. The summed E-state index contributed by atoms with van der Waals surface area (Å²) in [6, 6.07) is 7.51. The zero-order chi connectivity index (χ0) is 15.6. The lowest BCUT2D eigenvalue weighted by Crippen LogP contribution is -2.24. The van der Waals surface area contributed by atoms with Gasteiger partial charge in [0.1, 0.15) is 5.76 Å². The number of alkyl halides is 3. The summed E-state index contributed by atoms with van der Waals surface area (Å²) in [5.74, 6) is -0.378. The highest BCUT2D eigenvalue weighted by atomic mass is 19.4. The summed E-state index contributed by atoms with van der Waals surface area (Å²) < 4.78 is 43.3. The standard InChI is InChI=1S/C14H12F3NO3/c1-18(20-2)13(19)12-7-6-11(21-12)9-4-3-5-10(8-9)14(15,16)17/h3-8H,1-2H3. The molecule has 2 aromatic rings. The molecule has 0 aliphatic carbocycles. The summed E-state index contributed by atoms with van der Waals surface area (Å²) in [7, 11) is 2.71. The molecule has 0 unspecified atom stereocenters. The number of halogens is 3. The average Bonchev–Trinajstić information content (AvgIpc) is 2.94. The van der Waals surface area contributed by atoms with E-state index in [4.69, 9.17) is 9.25 Å². The van der Waals surface area contributed by atoms with Crippen molar-refractivity contribution in [1.82, 2.24) is 5.06 Å². The Morgan fingerprint density at radius 3 is 2.57 bits per heavy atom. The van der Waals surface area contributed by atoms with Gasteiger partial charge in [-0.1, -0.05) is 12.1 Å². The van der Waals surface area contributed by atoms with Crippen molar-refractivity contribution in [2.24, 2.45) is 0 Å². The number of nitrogens with zero attached hydrogens (tertiary/aromatic N) is 1. The van der Waals surface area contributed by atoms with Crippen LogP contribution in [0.2, 0.25) is 0 Å². The third-order valence-electron chi connectivity index (χ3n) is 2.85. The van der Waals surface area contributed by atoms with E-state index in [-0.39, 0.29) is 17.1 Å². The van der Waals surface area contributed by atoms with E-state index in [1.807, 2.05) is 0 Å². The van der Waals surface area contributed by atoms with E-state index in [1.54, 1.807) is 0 Å². The topological polar surface area (TPSA) is 42.7 Å². The number of carbonyl (C=O) groups is 1. The summed E-state index contributed by atoms with van der Waals surface area (Å²) in [5.41, 5.74) is -0.540. The molecule has 0 N–H and O–H groups in total. The van der Waals surface area contributed by atoms with Crippen LogP contribution in [-0.4, -0.2) is 25.1 Å². The summed E-state index contributed by atoms with van der Waals surface area (Å²) in [5, 5.41) is 0.953. The van der Waals surface area contributed by atoms with Crippen molar-refractivity contribution in [1.29, 1.82) is 0 Å². The Morgan fingerprint density at radius 1 is 1.24 bits per heavy atom. The number of amides is 1. The van der Waals surface area contributed by atoms with E-state index in [9.17, 15) is 18.0 Å². The van der Waals surface area contributed by atoms with Gasteiger partial charge in [0.2, 0.25) is 0 Å². The second-order valence-corrected chi connectivity index (χ2v) is 4.23. The number of hydrogen-bond acceptors (Lipinski definition) is 3. The lowest BCUT2D eigenvalue weighted by Gasteiger charge is -2.11. The Labute approximate surface area is 118 Å². The summed E-state index contributed by atoms with van der Waals surface area (Å²) in [6.07, 6.45) is -4.43. The van der Waals surface area contributed by atoms with Gasteiger partial charge in [-0.15, -0.1) is 0 Å². The SMILES string of the molecule is CON(C)C(=O)c1ccc(-c2cccc(C(F)(F)F)c2)o1. The molecule has 1 heterocycles.